The van der Waals surface area contributed by atoms with Gasteiger partial charge in [-0.2, -0.15) is 0 Å². The fraction of sp³-hybridized carbons (Fsp3) is 0.471. The SMILES string of the molecule is Cc1nc(N2CCOCC2)ccc1Nc1cc(Cl)nc(C2CC2)n1. The Morgan fingerprint density at radius 2 is 1.96 bits per heavy atom. The summed E-state index contributed by atoms with van der Waals surface area (Å²) in [4.78, 5) is 15.9. The average molecular weight is 346 g/mol. The van der Waals surface area contributed by atoms with E-state index >= 15 is 0 Å². The van der Waals surface area contributed by atoms with Crippen molar-refractivity contribution in [2.75, 3.05) is 36.5 Å². The molecule has 0 bridgehead atoms. The average Bonchev–Trinajstić information content (AvgIpc) is 3.42. The number of hydrogen-bond acceptors (Lipinski definition) is 6. The topological polar surface area (TPSA) is 63.2 Å². The Kier molecular flexibility index (Phi) is 4.24. The number of aryl methyl sites for hydroxylation is 1. The third-order valence-electron chi connectivity index (χ3n) is 4.32. The number of anilines is 3. The Morgan fingerprint density at radius 3 is 2.67 bits per heavy atom. The minimum atomic E-state index is 0.465. The second-order valence-corrected chi connectivity index (χ2v) is 6.62. The van der Waals surface area contributed by atoms with Gasteiger partial charge in [0.05, 0.1) is 24.6 Å². The second kappa shape index (κ2) is 6.53. The summed E-state index contributed by atoms with van der Waals surface area (Å²) in [5.41, 5.74) is 1.87. The van der Waals surface area contributed by atoms with Gasteiger partial charge in [0.15, 0.2) is 0 Å². The molecule has 2 fully saturated rings. The number of rotatable bonds is 4. The van der Waals surface area contributed by atoms with E-state index in [1.165, 1.54) is 0 Å². The number of ether oxygens (including phenoxy) is 1. The van der Waals surface area contributed by atoms with E-state index in [1.54, 1.807) is 6.07 Å². The first-order chi connectivity index (χ1) is 11.7. The first-order valence-corrected chi connectivity index (χ1v) is 8.69. The Morgan fingerprint density at radius 1 is 1.17 bits per heavy atom. The highest BCUT2D eigenvalue weighted by Gasteiger charge is 2.27. The molecule has 1 aliphatic heterocycles. The lowest BCUT2D eigenvalue weighted by molar-refractivity contribution is 0.122. The maximum atomic E-state index is 6.13. The van der Waals surface area contributed by atoms with Gasteiger partial charge in [0, 0.05) is 25.1 Å². The van der Waals surface area contributed by atoms with Crippen molar-refractivity contribution in [2.45, 2.75) is 25.7 Å². The van der Waals surface area contributed by atoms with E-state index in [2.05, 4.69) is 20.2 Å². The van der Waals surface area contributed by atoms with Gasteiger partial charge >= 0.3 is 0 Å². The molecule has 126 valence electrons. The molecule has 4 rings (SSSR count). The summed E-state index contributed by atoms with van der Waals surface area (Å²) in [6.45, 7) is 5.27. The van der Waals surface area contributed by atoms with Crippen LogP contribution in [0.4, 0.5) is 17.3 Å². The van der Waals surface area contributed by atoms with Crippen LogP contribution < -0.4 is 10.2 Å². The van der Waals surface area contributed by atoms with Crippen LogP contribution >= 0.6 is 11.6 Å². The van der Waals surface area contributed by atoms with Crippen molar-refractivity contribution >= 4 is 28.9 Å². The van der Waals surface area contributed by atoms with Gasteiger partial charge in [-0.1, -0.05) is 11.6 Å². The van der Waals surface area contributed by atoms with Crippen LogP contribution in [-0.4, -0.2) is 41.3 Å². The van der Waals surface area contributed by atoms with Crippen molar-refractivity contribution in [3.63, 3.8) is 0 Å². The Labute approximate surface area is 146 Å². The third-order valence-corrected chi connectivity index (χ3v) is 4.52. The molecule has 0 aromatic carbocycles. The van der Waals surface area contributed by atoms with E-state index in [0.29, 0.717) is 11.1 Å². The molecule has 24 heavy (non-hydrogen) atoms. The molecule has 3 heterocycles. The predicted octanol–water partition coefficient (Wildman–Crippen LogP) is 3.29. The normalized spacial score (nSPS) is 17.8. The third kappa shape index (κ3) is 3.44. The van der Waals surface area contributed by atoms with Gasteiger partial charge in [-0.3, -0.25) is 0 Å². The maximum absolute atomic E-state index is 6.13. The van der Waals surface area contributed by atoms with E-state index in [9.17, 15) is 0 Å². The smallest absolute Gasteiger partial charge is 0.135 e. The Balaban J connectivity index is 1.54. The zero-order valence-corrected chi connectivity index (χ0v) is 14.4. The van der Waals surface area contributed by atoms with Crippen LogP contribution in [-0.2, 0) is 4.74 Å². The van der Waals surface area contributed by atoms with Crippen LogP contribution in [0.1, 0.15) is 30.3 Å². The number of nitrogens with one attached hydrogen (secondary N) is 1. The molecule has 0 radical (unpaired) electrons. The molecule has 1 saturated heterocycles. The molecule has 0 spiro atoms. The molecule has 1 saturated carbocycles. The molecule has 7 heteroatoms. The molecule has 1 aliphatic carbocycles. The number of aromatic nitrogens is 3. The Bertz CT molecular complexity index is 744. The van der Waals surface area contributed by atoms with Crippen molar-refractivity contribution in [3.8, 4) is 0 Å². The Hall–Kier alpha value is -1.92. The van der Waals surface area contributed by atoms with Gasteiger partial charge in [0.2, 0.25) is 0 Å². The fourth-order valence-corrected chi connectivity index (χ4v) is 3.00. The van der Waals surface area contributed by atoms with E-state index in [0.717, 1.165) is 68.0 Å². The van der Waals surface area contributed by atoms with Crippen LogP contribution in [0.25, 0.3) is 0 Å². The second-order valence-electron chi connectivity index (χ2n) is 6.24. The highest BCUT2D eigenvalue weighted by Crippen LogP contribution is 2.39. The predicted molar refractivity (Wildman–Crippen MR) is 94.3 cm³/mol. The minimum Gasteiger partial charge on any atom is -0.378 e. The zero-order chi connectivity index (χ0) is 16.5. The fourth-order valence-electron chi connectivity index (χ4n) is 2.81. The summed E-state index contributed by atoms with van der Waals surface area (Å²) in [5, 5.41) is 3.80. The van der Waals surface area contributed by atoms with Crippen LogP contribution in [0.3, 0.4) is 0 Å². The van der Waals surface area contributed by atoms with E-state index < -0.39 is 0 Å². The van der Waals surface area contributed by atoms with Crippen LogP contribution in [0, 0.1) is 6.92 Å². The van der Waals surface area contributed by atoms with Gasteiger partial charge in [-0.15, -0.1) is 0 Å². The molecule has 2 aromatic rings. The zero-order valence-electron chi connectivity index (χ0n) is 13.6. The van der Waals surface area contributed by atoms with Crippen LogP contribution in [0.2, 0.25) is 5.15 Å². The van der Waals surface area contributed by atoms with E-state index in [4.69, 9.17) is 21.3 Å². The van der Waals surface area contributed by atoms with Crippen molar-refractivity contribution in [1.82, 2.24) is 15.0 Å². The molecule has 0 unspecified atom stereocenters. The largest absolute Gasteiger partial charge is 0.378 e. The van der Waals surface area contributed by atoms with Crippen LogP contribution in [0.15, 0.2) is 18.2 Å². The summed E-state index contributed by atoms with van der Waals surface area (Å²) >= 11 is 6.13. The first kappa shape index (κ1) is 15.6. The van der Waals surface area contributed by atoms with Gasteiger partial charge in [0.1, 0.15) is 22.6 Å². The summed E-state index contributed by atoms with van der Waals surface area (Å²) in [6, 6.07) is 5.83. The molecule has 6 nitrogen and oxygen atoms in total. The lowest BCUT2D eigenvalue weighted by Crippen LogP contribution is -2.36. The summed E-state index contributed by atoms with van der Waals surface area (Å²) in [7, 11) is 0. The number of hydrogen-bond donors (Lipinski definition) is 1. The quantitative estimate of drug-likeness (QED) is 0.858. The molecule has 0 amide bonds. The maximum Gasteiger partial charge on any atom is 0.135 e. The number of nitrogens with zero attached hydrogens (tertiary/aromatic N) is 4. The number of morpholine rings is 1. The standard InChI is InChI=1S/C17H20ClN5O/c1-11-13(4-5-16(19-11)23-6-8-24-9-7-23)20-15-10-14(18)21-17(22-15)12-2-3-12/h4-5,10,12H,2-3,6-9H2,1H3,(H,20,21,22). The summed E-state index contributed by atoms with van der Waals surface area (Å²) in [5.74, 6) is 3.01. The van der Waals surface area contributed by atoms with Gasteiger partial charge in [-0.25, -0.2) is 15.0 Å². The summed E-state index contributed by atoms with van der Waals surface area (Å²) in [6.07, 6.45) is 2.29. The molecule has 2 aliphatic rings. The first-order valence-electron chi connectivity index (χ1n) is 8.31. The van der Waals surface area contributed by atoms with Crippen LogP contribution in [0.5, 0.6) is 0 Å². The van der Waals surface area contributed by atoms with Gasteiger partial charge in [-0.05, 0) is 31.9 Å². The lowest BCUT2D eigenvalue weighted by atomic mass is 10.3. The molecule has 1 N–H and O–H groups in total. The van der Waals surface area contributed by atoms with Crippen molar-refractivity contribution < 1.29 is 4.74 Å². The molecular formula is C17H20ClN5O. The monoisotopic (exact) mass is 345 g/mol. The van der Waals surface area contributed by atoms with E-state index in [1.807, 2.05) is 19.1 Å². The van der Waals surface area contributed by atoms with Gasteiger partial charge in [0.25, 0.3) is 0 Å². The number of halogens is 1. The minimum absolute atomic E-state index is 0.465. The molecule has 2 aromatic heterocycles. The van der Waals surface area contributed by atoms with Gasteiger partial charge < -0.3 is 15.0 Å². The number of pyridine rings is 1. The van der Waals surface area contributed by atoms with Crippen molar-refractivity contribution in [2.24, 2.45) is 0 Å². The summed E-state index contributed by atoms with van der Waals surface area (Å²) < 4.78 is 5.39. The van der Waals surface area contributed by atoms with E-state index in [-0.39, 0.29) is 0 Å². The van der Waals surface area contributed by atoms with Crippen molar-refractivity contribution in [1.29, 1.82) is 0 Å². The highest BCUT2D eigenvalue weighted by atomic mass is 35.5. The lowest BCUT2D eigenvalue weighted by Gasteiger charge is -2.28. The molecule has 0 atom stereocenters. The highest BCUT2D eigenvalue weighted by molar-refractivity contribution is 6.29. The molecular weight excluding hydrogens is 326 g/mol. The van der Waals surface area contributed by atoms with Crippen molar-refractivity contribution in [3.05, 3.63) is 34.9 Å².